The predicted octanol–water partition coefficient (Wildman–Crippen LogP) is 4.97. The lowest BCUT2D eigenvalue weighted by atomic mass is 9.79. The molecule has 2 aromatic rings. The lowest BCUT2D eigenvalue weighted by Crippen LogP contribution is -2.32. The number of hydrogen-bond acceptors (Lipinski definition) is 1. The molecule has 3 heteroatoms. The highest BCUT2D eigenvalue weighted by molar-refractivity contribution is 9.09. The number of rotatable bonds is 5. The van der Waals surface area contributed by atoms with Crippen LogP contribution in [-0.4, -0.2) is 15.8 Å². The van der Waals surface area contributed by atoms with E-state index in [0.29, 0.717) is 5.75 Å². The largest absolute Gasteiger partial charge is 0.508 e. The minimum atomic E-state index is -0.0124. The molecular formula is C17H18Br2O. The summed E-state index contributed by atoms with van der Waals surface area (Å²) in [5.74, 6) is 0.324. The maximum Gasteiger partial charge on any atom is 0.115 e. The van der Waals surface area contributed by atoms with E-state index in [1.807, 2.05) is 12.1 Å². The molecule has 0 fully saturated rings. The van der Waals surface area contributed by atoms with Crippen LogP contribution in [0.1, 0.15) is 16.7 Å². The average molecular weight is 398 g/mol. The van der Waals surface area contributed by atoms with E-state index in [2.05, 4.69) is 69.1 Å². The molecule has 20 heavy (non-hydrogen) atoms. The number of benzene rings is 2. The van der Waals surface area contributed by atoms with Gasteiger partial charge in [0.25, 0.3) is 0 Å². The SMILES string of the molecule is Cc1ccc(C(CBr)(CBr)Cc2cccc(O)c2)cc1. The second kappa shape index (κ2) is 6.77. The fourth-order valence-electron chi connectivity index (χ4n) is 2.35. The van der Waals surface area contributed by atoms with Crippen molar-refractivity contribution in [3.63, 3.8) is 0 Å². The van der Waals surface area contributed by atoms with Gasteiger partial charge in [0.05, 0.1) is 0 Å². The number of phenols is 1. The van der Waals surface area contributed by atoms with Crippen molar-refractivity contribution >= 4 is 31.9 Å². The van der Waals surface area contributed by atoms with Crippen molar-refractivity contribution in [1.29, 1.82) is 0 Å². The van der Waals surface area contributed by atoms with Crippen molar-refractivity contribution in [2.24, 2.45) is 0 Å². The smallest absolute Gasteiger partial charge is 0.115 e. The molecule has 0 amide bonds. The van der Waals surface area contributed by atoms with Gasteiger partial charge in [-0.1, -0.05) is 73.8 Å². The van der Waals surface area contributed by atoms with Gasteiger partial charge in [0.1, 0.15) is 5.75 Å². The molecule has 2 rings (SSSR count). The van der Waals surface area contributed by atoms with Crippen LogP contribution in [-0.2, 0) is 11.8 Å². The molecule has 0 aliphatic heterocycles. The highest BCUT2D eigenvalue weighted by Gasteiger charge is 2.30. The molecule has 0 saturated heterocycles. The Hall–Kier alpha value is -0.800. The quantitative estimate of drug-likeness (QED) is 0.706. The molecule has 0 aromatic heterocycles. The summed E-state index contributed by atoms with van der Waals surface area (Å²) in [6.07, 6.45) is 0.876. The zero-order chi connectivity index (χ0) is 14.6. The second-order valence-electron chi connectivity index (χ2n) is 5.26. The number of alkyl halides is 2. The molecule has 0 bridgehead atoms. The Bertz CT molecular complexity index is 559. The van der Waals surface area contributed by atoms with Gasteiger partial charge in [-0.2, -0.15) is 0 Å². The molecule has 2 aromatic carbocycles. The van der Waals surface area contributed by atoms with Gasteiger partial charge < -0.3 is 5.11 Å². The molecule has 0 spiro atoms. The van der Waals surface area contributed by atoms with Crippen LogP contribution >= 0.6 is 31.9 Å². The fourth-order valence-corrected chi connectivity index (χ4v) is 4.32. The second-order valence-corrected chi connectivity index (χ2v) is 6.38. The van der Waals surface area contributed by atoms with Crippen LogP contribution in [0, 0.1) is 6.92 Å². The van der Waals surface area contributed by atoms with Gasteiger partial charge in [-0.3, -0.25) is 0 Å². The molecule has 1 nitrogen and oxygen atoms in total. The van der Waals surface area contributed by atoms with Crippen LogP contribution in [0.25, 0.3) is 0 Å². The first-order valence-electron chi connectivity index (χ1n) is 6.57. The van der Waals surface area contributed by atoms with Gasteiger partial charge in [0.2, 0.25) is 0 Å². The normalized spacial score (nSPS) is 11.6. The van der Waals surface area contributed by atoms with Crippen molar-refractivity contribution in [2.75, 3.05) is 10.7 Å². The third-order valence-electron chi connectivity index (χ3n) is 3.63. The van der Waals surface area contributed by atoms with Crippen molar-refractivity contribution in [2.45, 2.75) is 18.8 Å². The van der Waals surface area contributed by atoms with E-state index >= 15 is 0 Å². The average Bonchev–Trinajstić information content (AvgIpc) is 2.46. The Morgan fingerprint density at radius 1 is 1.00 bits per heavy atom. The van der Waals surface area contributed by atoms with Crippen LogP contribution in [0.2, 0.25) is 0 Å². The molecule has 0 heterocycles. The van der Waals surface area contributed by atoms with Crippen LogP contribution in [0.4, 0.5) is 0 Å². The molecule has 0 saturated carbocycles. The molecule has 1 N–H and O–H groups in total. The lowest BCUT2D eigenvalue weighted by Gasteiger charge is -2.31. The van der Waals surface area contributed by atoms with E-state index in [9.17, 15) is 5.11 Å². The van der Waals surface area contributed by atoms with E-state index in [-0.39, 0.29) is 5.41 Å². The Balaban J connectivity index is 2.36. The number of aromatic hydroxyl groups is 1. The van der Waals surface area contributed by atoms with Gasteiger partial charge in [0.15, 0.2) is 0 Å². The summed E-state index contributed by atoms with van der Waals surface area (Å²) < 4.78 is 0. The summed E-state index contributed by atoms with van der Waals surface area (Å²) >= 11 is 7.34. The van der Waals surface area contributed by atoms with Crippen molar-refractivity contribution < 1.29 is 5.11 Å². The Kier molecular flexibility index (Phi) is 5.28. The Morgan fingerprint density at radius 3 is 2.20 bits per heavy atom. The first-order valence-corrected chi connectivity index (χ1v) is 8.81. The molecule has 0 unspecified atom stereocenters. The number of phenolic OH excluding ortho intramolecular Hbond substituents is 1. The van der Waals surface area contributed by atoms with Gasteiger partial charge in [0, 0.05) is 16.1 Å². The molecule has 0 radical (unpaired) electrons. The standard InChI is InChI=1S/C17H18Br2O/c1-13-5-7-15(8-6-13)17(11-18,12-19)10-14-3-2-4-16(20)9-14/h2-9,20H,10-12H2,1H3. The van der Waals surface area contributed by atoms with Gasteiger partial charge in [-0.15, -0.1) is 0 Å². The van der Waals surface area contributed by atoms with Crippen LogP contribution in [0.5, 0.6) is 5.75 Å². The van der Waals surface area contributed by atoms with Crippen molar-refractivity contribution in [1.82, 2.24) is 0 Å². The van der Waals surface area contributed by atoms with E-state index in [1.54, 1.807) is 6.07 Å². The maximum atomic E-state index is 9.64. The summed E-state index contributed by atoms with van der Waals surface area (Å²) in [4.78, 5) is 0. The first kappa shape index (κ1) is 15.6. The van der Waals surface area contributed by atoms with Crippen LogP contribution < -0.4 is 0 Å². The Labute approximate surface area is 137 Å². The zero-order valence-corrected chi connectivity index (χ0v) is 14.6. The maximum absolute atomic E-state index is 9.64. The molecule has 106 valence electrons. The predicted molar refractivity (Wildman–Crippen MR) is 92.3 cm³/mol. The fraction of sp³-hybridized carbons (Fsp3) is 0.294. The molecule has 0 atom stereocenters. The van der Waals surface area contributed by atoms with Gasteiger partial charge in [-0.05, 0) is 36.6 Å². The van der Waals surface area contributed by atoms with Crippen molar-refractivity contribution in [3.05, 3.63) is 65.2 Å². The number of halogens is 2. The number of aryl methyl sites for hydroxylation is 1. The number of hydrogen-bond donors (Lipinski definition) is 1. The summed E-state index contributed by atoms with van der Waals surface area (Å²) in [5, 5.41) is 11.4. The molecule has 0 aliphatic rings. The van der Waals surface area contributed by atoms with E-state index < -0.39 is 0 Å². The third-order valence-corrected chi connectivity index (χ3v) is 5.78. The highest BCUT2D eigenvalue weighted by Crippen LogP contribution is 2.33. The summed E-state index contributed by atoms with van der Waals surface area (Å²) in [7, 11) is 0. The third kappa shape index (κ3) is 3.44. The first-order chi connectivity index (χ1) is 9.59. The van der Waals surface area contributed by atoms with Crippen LogP contribution in [0.3, 0.4) is 0 Å². The summed E-state index contributed by atoms with van der Waals surface area (Å²) in [5.41, 5.74) is 3.70. The summed E-state index contributed by atoms with van der Waals surface area (Å²) in [6.45, 7) is 2.10. The minimum Gasteiger partial charge on any atom is -0.508 e. The van der Waals surface area contributed by atoms with Crippen molar-refractivity contribution in [3.8, 4) is 5.75 Å². The monoisotopic (exact) mass is 396 g/mol. The molecule has 0 aliphatic carbocycles. The highest BCUT2D eigenvalue weighted by atomic mass is 79.9. The van der Waals surface area contributed by atoms with Gasteiger partial charge in [-0.25, -0.2) is 0 Å². The van der Waals surface area contributed by atoms with Gasteiger partial charge >= 0.3 is 0 Å². The zero-order valence-electron chi connectivity index (χ0n) is 11.4. The topological polar surface area (TPSA) is 20.2 Å². The Morgan fingerprint density at radius 2 is 1.65 bits per heavy atom. The molecular weight excluding hydrogens is 380 g/mol. The lowest BCUT2D eigenvalue weighted by molar-refractivity contribution is 0.472. The van der Waals surface area contributed by atoms with Crippen LogP contribution in [0.15, 0.2) is 48.5 Å². The van der Waals surface area contributed by atoms with E-state index in [4.69, 9.17) is 0 Å². The van der Waals surface area contributed by atoms with E-state index in [1.165, 1.54) is 11.1 Å². The minimum absolute atomic E-state index is 0.0124. The summed E-state index contributed by atoms with van der Waals surface area (Å²) in [6, 6.07) is 16.2. The van der Waals surface area contributed by atoms with E-state index in [0.717, 1.165) is 22.6 Å².